The van der Waals surface area contributed by atoms with Crippen LogP contribution in [-0.2, 0) is 6.54 Å². The fourth-order valence-electron chi connectivity index (χ4n) is 1.70. The van der Waals surface area contributed by atoms with Gasteiger partial charge in [0, 0.05) is 6.54 Å². The molecule has 1 fully saturated rings. The van der Waals surface area contributed by atoms with E-state index < -0.39 is 5.97 Å². The van der Waals surface area contributed by atoms with E-state index in [1.54, 1.807) is 0 Å². The molecule has 0 saturated carbocycles. The number of carbonyl (C=O) groups is 1. The standard InChI is InChI=1S/C9H12N2O2S/c12-9(13)7-5-10-14-8(7)6-11-3-1-2-4-11/h5H,1-4,6H2,(H,12,13). The summed E-state index contributed by atoms with van der Waals surface area (Å²) in [5, 5.41) is 8.88. The van der Waals surface area contributed by atoms with Crippen molar-refractivity contribution >= 4 is 17.5 Å². The van der Waals surface area contributed by atoms with Crippen LogP contribution in [0.2, 0.25) is 0 Å². The van der Waals surface area contributed by atoms with Crippen molar-refractivity contribution in [1.82, 2.24) is 9.27 Å². The van der Waals surface area contributed by atoms with Crippen LogP contribution in [0.3, 0.4) is 0 Å². The first kappa shape index (κ1) is 9.61. The quantitative estimate of drug-likeness (QED) is 0.823. The highest BCUT2D eigenvalue weighted by Crippen LogP contribution is 2.19. The van der Waals surface area contributed by atoms with Gasteiger partial charge in [0.05, 0.1) is 16.6 Å². The van der Waals surface area contributed by atoms with E-state index in [9.17, 15) is 4.79 Å². The molecule has 1 aromatic heterocycles. The second-order valence-corrected chi connectivity index (χ2v) is 4.34. The molecule has 2 rings (SSSR count). The van der Waals surface area contributed by atoms with Crippen LogP contribution in [0.5, 0.6) is 0 Å². The Hall–Kier alpha value is -0.940. The maximum atomic E-state index is 10.8. The normalized spacial score (nSPS) is 17.4. The minimum atomic E-state index is -0.868. The van der Waals surface area contributed by atoms with Crippen LogP contribution in [0.25, 0.3) is 0 Å². The van der Waals surface area contributed by atoms with Crippen LogP contribution in [0.15, 0.2) is 6.20 Å². The Morgan fingerprint density at radius 2 is 2.29 bits per heavy atom. The molecule has 0 bridgehead atoms. The van der Waals surface area contributed by atoms with E-state index in [4.69, 9.17) is 5.11 Å². The predicted octanol–water partition coefficient (Wildman–Crippen LogP) is 1.44. The molecule has 2 heterocycles. The van der Waals surface area contributed by atoms with Gasteiger partial charge in [0.2, 0.25) is 0 Å². The monoisotopic (exact) mass is 212 g/mol. The molecular weight excluding hydrogens is 200 g/mol. The Balaban J connectivity index is 2.07. The third-order valence-corrected chi connectivity index (χ3v) is 3.22. The molecule has 1 saturated heterocycles. The zero-order chi connectivity index (χ0) is 9.97. The molecule has 14 heavy (non-hydrogen) atoms. The lowest BCUT2D eigenvalue weighted by Gasteiger charge is -2.12. The van der Waals surface area contributed by atoms with E-state index in [0.717, 1.165) is 24.5 Å². The number of rotatable bonds is 3. The highest BCUT2D eigenvalue weighted by atomic mass is 32.1. The highest BCUT2D eigenvalue weighted by molar-refractivity contribution is 7.06. The van der Waals surface area contributed by atoms with Crippen molar-refractivity contribution in [3.8, 4) is 0 Å². The average Bonchev–Trinajstić information content (AvgIpc) is 2.75. The molecule has 0 atom stereocenters. The Labute approximate surface area is 86.3 Å². The lowest BCUT2D eigenvalue weighted by Crippen LogP contribution is -2.18. The van der Waals surface area contributed by atoms with E-state index in [0.29, 0.717) is 5.56 Å². The van der Waals surface area contributed by atoms with E-state index in [1.165, 1.54) is 30.6 Å². The number of hydrogen-bond donors (Lipinski definition) is 1. The molecule has 1 N–H and O–H groups in total. The predicted molar refractivity (Wildman–Crippen MR) is 53.6 cm³/mol. The number of hydrogen-bond acceptors (Lipinski definition) is 4. The van der Waals surface area contributed by atoms with Crippen molar-refractivity contribution < 1.29 is 9.90 Å². The molecule has 76 valence electrons. The van der Waals surface area contributed by atoms with Gasteiger partial charge in [-0.15, -0.1) is 0 Å². The first-order valence-corrected chi connectivity index (χ1v) is 5.44. The summed E-state index contributed by atoms with van der Waals surface area (Å²) >= 11 is 1.29. The van der Waals surface area contributed by atoms with Gasteiger partial charge in [-0.1, -0.05) is 0 Å². The molecular formula is C9H12N2O2S. The van der Waals surface area contributed by atoms with Gasteiger partial charge >= 0.3 is 5.97 Å². The van der Waals surface area contributed by atoms with E-state index in [1.807, 2.05) is 0 Å². The van der Waals surface area contributed by atoms with Crippen LogP contribution in [0.4, 0.5) is 0 Å². The SMILES string of the molecule is O=C(O)c1cnsc1CN1CCCC1. The minimum absolute atomic E-state index is 0.363. The summed E-state index contributed by atoms with van der Waals surface area (Å²) in [6.07, 6.45) is 3.89. The number of nitrogens with zero attached hydrogens (tertiary/aromatic N) is 2. The first-order chi connectivity index (χ1) is 6.77. The summed E-state index contributed by atoms with van der Waals surface area (Å²) in [5.74, 6) is -0.868. The van der Waals surface area contributed by atoms with Gasteiger partial charge in [-0.2, -0.15) is 4.37 Å². The molecule has 0 amide bonds. The highest BCUT2D eigenvalue weighted by Gasteiger charge is 2.18. The van der Waals surface area contributed by atoms with Crippen molar-refractivity contribution in [2.45, 2.75) is 19.4 Å². The molecule has 0 aromatic carbocycles. The maximum Gasteiger partial charge on any atom is 0.338 e. The van der Waals surface area contributed by atoms with E-state index in [-0.39, 0.29) is 0 Å². The molecule has 0 spiro atoms. The number of aromatic nitrogens is 1. The molecule has 1 aliphatic rings. The van der Waals surface area contributed by atoms with Crippen LogP contribution in [0.1, 0.15) is 28.1 Å². The Bertz CT molecular complexity index is 331. The second-order valence-electron chi connectivity index (χ2n) is 3.45. The second kappa shape index (κ2) is 4.06. The number of carboxylic acids is 1. The summed E-state index contributed by atoms with van der Waals surface area (Å²) in [6.45, 7) is 2.90. The topological polar surface area (TPSA) is 53.4 Å². The third-order valence-electron chi connectivity index (χ3n) is 2.44. The van der Waals surface area contributed by atoms with E-state index >= 15 is 0 Å². The maximum absolute atomic E-state index is 10.8. The number of carboxylic acid groups (broad SMARTS) is 1. The van der Waals surface area contributed by atoms with Crippen LogP contribution in [0, 0.1) is 0 Å². The van der Waals surface area contributed by atoms with Gasteiger partial charge in [-0.05, 0) is 37.5 Å². The number of aromatic carboxylic acids is 1. The van der Waals surface area contributed by atoms with E-state index in [2.05, 4.69) is 9.27 Å². The molecule has 1 aliphatic heterocycles. The third kappa shape index (κ3) is 1.93. The van der Waals surface area contributed by atoms with Crippen molar-refractivity contribution in [1.29, 1.82) is 0 Å². The Morgan fingerprint density at radius 1 is 1.57 bits per heavy atom. The minimum Gasteiger partial charge on any atom is -0.478 e. The van der Waals surface area contributed by atoms with Gasteiger partial charge in [0.1, 0.15) is 0 Å². The van der Waals surface area contributed by atoms with Crippen LogP contribution in [-0.4, -0.2) is 33.4 Å². The largest absolute Gasteiger partial charge is 0.478 e. The Kier molecular flexibility index (Phi) is 2.79. The van der Waals surface area contributed by atoms with Crippen LogP contribution < -0.4 is 0 Å². The molecule has 5 heteroatoms. The zero-order valence-corrected chi connectivity index (χ0v) is 8.59. The molecule has 1 aromatic rings. The summed E-state index contributed by atoms with van der Waals surface area (Å²) in [7, 11) is 0. The van der Waals surface area contributed by atoms with Gasteiger partial charge in [0.15, 0.2) is 0 Å². The molecule has 0 aliphatic carbocycles. The van der Waals surface area contributed by atoms with Gasteiger partial charge in [0.25, 0.3) is 0 Å². The average molecular weight is 212 g/mol. The first-order valence-electron chi connectivity index (χ1n) is 4.66. The number of likely N-dealkylation sites (tertiary alicyclic amines) is 1. The van der Waals surface area contributed by atoms with Crippen molar-refractivity contribution in [2.24, 2.45) is 0 Å². The summed E-state index contributed by atoms with van der Waals surface area (Å²) in [5.41, 5.74) is 0.363. The molecule has 0 unspecified atom stereocenters. The van der Waals surface area contributed by atoms with Gasteiger partial charge in [-0.3, -0.25) is 4.90 Å². The fraction of sp³-hybridized carbons (Fsp3) is 0.556. The smallest absolute Gasteiger partial charge is 0.338 e. The zero-order valence-electron chi connectivity index (χ0n) is 7.77. The van der Waals surface area contributed by atoms with Crippen LogP contribution >= 0.6 is 11.5 Å². The summed E-state index contributed by atoms with van der Waals surface area (Å²) in [6, 6.07) is 0. The molecule has 0 radical (unpaired) electrons. The fourth-order valence-corrected chi connectivity index (χ4v) is 2.46. The summed E-state index contributed by atoms with van der Waals surface area (Å²) in [4.78, 5) is 14.0. The lowest BCUT2D eigenvalue weighted by molar-refractivity contribution is 0.0695. The van der Waals surface area contributed by atoms with Gasteiger partial charge < -0.3 is 5.11 Å². The lowest BCUT2D eigenvalue weighted by atomic mass is 10.3. The van der Waals surface area contributed by atoms with Crippen molar-refractivity contribution in [3.63, 3.8) is 0 Å². The molecule has 4 nitrogen and oxygen atoms in total. The van der Waals surface area contributed by atoms with Crippen molar-refractivity contribution in [3.05, 3.63) is 16.6 Å². The summed E-state index contributed by atoms with van der Waals surface area (Å²) < 4.78 is 3.92. The van der Waals surface area contributed by atoms with Gasteiger partial charge in [-0.25, -0.2) is 4.79 Å². The van der Waals surface area contributed by atoms with Crippen molar-refractivity contribution in [2.75, 3.05) is 13.1 Å². The Morgan fingerprint density at radius 3 is 2.93 bits per heavy atom.